The maximum atomic E-state index is 12.0. The molecule has 5 heteroatoms. The Balaban J connectivity index is 2.28. The molecule has 1 aliphatic rings. The lowest BCUT2D eigenvalue weighted by Crippen LogP contribution is -2.45. The summed E-state index contributed by atoms with van der Waals surface area (Å²) in [4.78, 5) is 14.3. The van der Waals surface area contributed by atoms with Crippen LogP contribution in [0, 0.1) is 11.3 Å². The highest BCUT2D eigenvalue weighted by atomic mass is 16.6. The van der Waals surface area contributed by atoms with Gasteiger partial charge in [-0.05, 0) is 55.5 Å². The van der Waals surface area contributed by atoms with Gasteiger partial charge in [-0.2, -0.15) is 5.26 Å². The van der Waals surface area contributed by atoms with Crippen molar-refractivity contribution in [2.24, 2.45) is 0 Å². The van der Waals surface area contributed by atoms with E-state index in [9.17, 15) is 10.1 Å². The predicted octanol–water partition coefficient (Wildman–Crippen LogP) is 3.51. The Morgan fingerprint density at radius 3 is 2.80 bits per heavy atom. The smallest absolute Gasteiger partial charge is 0.348 e. The molecule has 0 N–H and O–H groups in total. The van der Waals surface area contributed by atoms with Gasteiger partial charge in [-0.15, -0.1) is 0 Å². The summed E-state index contributed by atoms with van der Waals surface area (Å²) < 4.78 is 9.86. The van der Waals surface area contributed by atoms with E-state index in [1.807, 2.05) is 12.1 Å². The van der Waals surface area contributed by atoms with Crippen LogP contribution in [0.3, 0.4) is 0 Å². The van der Waals surface area contributed by atoms with E-state index in [0.29, 0.717) is 12.5 Å². The highest BCUT2D eigenvalue weighted by Gasteiger charge is 2.33. The fraction of sp³-hybridized carbons (Fsp3) is 0.500. The summed E-state index contributed by atoms with van der Waals surface area (Å²) >= 11 is 0. The number of carbonyl (C=O) groups excluding carboxylic acids is 1. The number of benzene rings is 1. The number of anilines is 1. The lowest BCUT2D eigenvalue weighted by Gasteiger charge is -2.45. The second-order valence-electron chi connectivity index (χ2n) is 7.09. The summed E-state index contributed by atoms with van der Waals surface area (Å²) in [5, 5.41) is 9.26. The van der Waals surface area contributed by atoms with Crippen LogP contribution < -0.4 is 4.90 Å². The van der Waals surface area contributed by atoms with E-state index in [1.165, 1.54) is 18.4 Å². The van der Waals surface area contributed by atoms with Crippen molar-refractivity contribution in [2.45, 2.75) is 38.6 Å². The Labute approximate surface area is 149 Å². The molecule has 25 heavy (non-hydrogen) atoms. The van der Waals surface area contributed by atoms with Gasteiger partial charge < -0.3 is 14.4 Å². The molecule has 5 nitrogen and oxygen atoms in total. The molecule has 1 unspecified atom stereocenters. The van der Waals surface area contributed by atoms with Crippen LogP contribution >= 0.6 is 0 Å². The average Bonchev–Trinajstić information content (AvgIpc) is 2.57. The molecule has 0 radical (unpaired) electrons. The van der Waals surface area contributed by atoms with Crippen LogP contribution in [-0.2, 0) is 14.3 Å². The average molecular weight is 342 g/mol. The topological polar surface area (TPSA) is 62.6 Å². The Hall–Kier alpha value is -2.32. The Morgan fingerprint density at radius 1 is 1.44 bits per heavy atom. The number of esters is 1. The third kappa shape index (κ3) is 4.21. The molecule has 0 saturated heterocycles. The van der Waals surface area contributed by atoms with E-state index in [-0.39, 0.29) is 17.7 Å². The van der Waals surface area contributed by atoms with Crippen molar-refractivity contribution in [3.05, 3.63) is 34.9 Å². The van der Waals surface area contributed by atoms with Gasteiger partial charge in [0.2, 0.25) is 0 Å². The monoisotopic (exact) mass is 342 g/mol. The van der Waals surface area contributed by atoms with E-state index in [0.717, 1.165) is 12.0 Å². The second kappa shape index (κ2) is 7.71. The maximum absolute atomic E-state index is 12.0. The largest absolute Gasteiger partial charge is 0.459 e. The number of nitriles is 1. The normalized spacial score (nSPS) is 19.1. The van der Waals surface area contributed by atoms with Gasteiger partial charge in [0.25, 0.3) is 0 Å². The van der Waals surface area contributed by atoms with Gasteiger partial charge in [-0.25, -0.2) is 4.79 Å². The van der Waals surface area contributed by atoms with Crippen LogP contribution in [-0.4, -0.2) is 38.9 Å². The van der Waals surface area contributed by atoms with Crippen LogP contribution in [0.15, 0.2) is 23.8 Å². The molecule has 1 aromatic rings. The van der Waals surface area contributed by atoms with E-state index in [1.54, 1.807) is 6.08 Å². The summed E-state index contributed by atoms with van der Waals surface area (Å²) in [5.74, 6) is -0.211. The lowest BCUT2D eigenvalue weighted by atomic mass is 9.80. The molecule has 0 saturated carbocycles. The van der Waals surface area contributed by atoms with Gasteiger partial charge in [-0.1, -0.05) is 13.0 Å². The fourth-order valence-corrected chi connectivity index (χ4v) is 3.28. The molecule has 0 aromatic heterocycles. The minimum atomic E-state index is -0.622. The molecule has 134 valence electrons. The number of carbonyl (C=O) groups is 1. The van der Waals surface area contributed by atoms with Crippen molar-refractivity contribution in [2.75, 3.05) is 32.3 Å². The van der Waals surface area contributed by atoms with E-state index in [4.69, 9.17) is 9.47 Å². The van der Waals surface area contributed by atoms with Crippen molar-refractivity contribution in [3.8, 4) is 6.07 Å². The van der Waals surface area contributed by atoms with Crippen molar-refractivity contribution in [1.29, 1.82) is 5.26 Å². The molecule has 1 heterocycles. The number of methoxy groups -OCH3 is 1. The molecule has 0 amide bonds. The fourth-order valence-electron chi connectivity index (χ4n) is 3.28. The number of hydrogen-bond acceptors (Lipinski definition) is 5. The van der Waals surface area contributed by atoms with Gasteiger partial charge in [0.1, 0.15) is 18.2 Å². The van der Waals surface area contributed by atoms with Crippen molar-refractivity contribution < 1.29 is 14.3 Å². The van der Waals surface area contributed by atoms with Gasteiger partial charge >= 0.3 is 5.97 Å². The molecular formula is C20H26N2O3. The van der Waals surface area contributed by atoms with Crippen LogP contribution in [0.5, 0.6) is 0 Å². The molecule has 0 fully saturated rings. The van der Waals surface area contributed by atoms with Crippen molar-refractivity contribution in [3.63, 3.8) is 0 Å². The Bertz CT molecular complexity index is 716. The molecule has 1 aliphatic heterocycles. The minimum absolute atomic E-state index is 0.00630. The molecule has 2 rings (SSSR count). The summed E-state index contributed by atoms with van der Waals surface area (Å²) in [6, 6.07) is 7.98. The van der Waals surface area contributed by atoms with E-state index in [2.05, 4.69) is 44.9 Å². The maximum Gasteiger partial charge on any atom is 0.348 e. The van der Waals surface area contributed by atoms with Gasteiger partial charge in [-0.3, -0.25) is 0 Å². The highest BCUT2D eigenvalue weighted by molar-refractivity contribution is 5.98. The zero-order valence-electron chi connectivity index (χ0n) is 15.6. The van der Waals surface area contributed by atoms with Crippen LogP contribution in [0.1, 0.15) is 44.2 Å². The summed E-state index contributed by atoms with van der Waals surface area (Å²) in [6.07, 6.45) is 2.63. The zero-order valence-corrected chi connectivity index (χ0v) is 15.6. The first-order valence-electron chi connectivity index (χ1n) is 8.46. The van der Waals surface area contributed by atoms with Gasteiger partial charge in [0.15, 0.2) is 0 Å². The van der Waals surface area contributed by atoms with Crippen LogP contribution in [0.2, 0.25) is 0 Å². The Kier molecular flexibility index (Phi) is 5.86. The predicted molar refractivity (Wildman–Crippen MR) is 98.4 cm³/mol. The molecule has 1 atom stereocenters. The number of nitrogens with zero attached hydrogens (tertiary/aromatic N) is 2. The second-order valence-corrected chi connectivity index (χ2v) is 7.09. The first-order chi connectivity index (χ1) is 11.8. The molecule has 0 bridgehead atoms. The number of hydrogen-bond donors (Lipinski definition) is 0. The standard InChI is InChI=1S/C20H26N2O3/c1-14-12-20(2,3)22(4)18-7-6-15(11-17(14)18)10-16(13-21)19(23)25-9-8-24-5/h6-7,10-11,14H,8-9,12H2,1-5H3/b16-10-. The lowest BCUT2D eigenvalue weighted by molar-refractivity contribution is -0.139. The first kappa shape index (κ1) is 19.0. The summed E-state index contributed by atoms with van der Waals surface area (Å²) in [6.45, 7) is 7.14. The summed E-state index contributed by atoms with van der Waals surface area (Å²) in [5.41, 5.74) is 3.36. The third-order valence-corrected chi connectivity index (χ3v) is 4.83. The summed E-state index contributed by atoms with van der Waals surface area (Å²) in [7, 11) is 3.63. The van der Waals surface area contributed by atoms with E-state index < -0.39 is 5.97 Å². The van der Waals surface area contributed by atoms with E-state index >= 15 is 0 Å². The highest BCUT2D eigenvalue weighted by Crippen LogP contribution is 2.42. The quantitative estimate of drug-likeness (QED) is 0.355. The minimum Gasteiger partial charge on any atom is -0.459 e. The molecular weight excluding hydrogens is 316 g/mol. The molecule has 1 aromatic carbocycles. The van der Waals surface area contributed by atoms with Crippen LogP contribution in [0.4, 0.5) is 5.69 Å². The van der Waals surface area contributed by atoms with Gasteiger partial charge in [0, 0.05) is 25.4 Å². The van der Waals surface area contributed by atoms with Gasteiger partial charge in [0.05, 0.1) is 6.61 Å². The Morgan fingerprint density at radius 2 is 2.16 bits per heavy atom. The number of fused-ring (bicyclic) bond motifs is 1. The van der Waals surface area contributed by atoms with Crippen molar-refractivity contribution >= 4 is 17.7 Å². The number of rotatable bonds is 5. The molecule has 0 aliphatic carbocycles. The van der Waals surface area contributed by atoms with Crippen LogP contribution in [0.25, 0.3) is 6.08 Å². The zero-order chi connectivity index (χ0) is 18.6. The molecule has 0 spiro atoms. The third-order valence-electron chi connectivity index (χ3n) is 4.83. The number of ether oxygens (including phenoxy) is 2. The SMILES string of the molecule is COCCOC(=O)/C(C#N)=C\c1ccc2c(c1)C(C)CC(C)(C)N2C. The van der Waals surface area contributed by atoms with Crippen molar-refractivity contribution in [1.82, 2.24) is 0 Å². The first-order valence-corrected chi connectivity index (χ1v) is 8.46.